The Morgan fingerprint density at radius 2 is 1.87 bits per heavy atom. The highest BCUT2D eigenvalue weighted by Gasteiger charge is 2.33. The molecule has 0 bridgehead atoms. The molecule has 82 valence electrons. The van der Waals surface area contributed by atoms with Crippen LogP contribution in [0, 0.1) is 6.92 Å². The third kappa shape index (κ3) is 2.11. The molecule has 0 saturated carbocycles. The number of alkyl halides is 3. The average Bonchev–Trinajstić information content (AvgIpc) is 2.06. The molecule has 0 amide bonds. The molecular weight excluding hydrogens is 207 g/mol. The molecule has 0 unspecified atom stereocenters. The lowest BCUT2D eigenvalue weighted by atomic mass is 10.00. The maximum Gasteiger partial charge on any atom is 0.416 e. The summed E-state index contributed by atoms with van der Waals surface area (Å²) in [5, 5.41) is 0. The van der Waals surface area contributed by atoms with E-state index in [-0.39, 0.29) is 22.6 Å². The summed E-state index contributed by atoms with van der Waals surface area (Å²) in [6.45, 7) is 2.52. The van der Waals surface area contributed by atoms with Gasteiger partial charge in [0.1, 0.15) is 0 Å². The normalized spacial score (nSPS) is 11.5. The first-order valence-corrected chi connectivity index (χ1v) is 4.22. The van der Waals surface area contributed by atoms with Gasteiger partial charge in [-0.25, -0.2) is 0 Å². The predicted octanol–water partition coefficient (Wildman–Crippen LogP) is 2.80. The van der Waals surface area contributed by atoms with Gasteiger partial charge in [0, 0.05) is 11.3 Å². The average molecular weight is 217 g/mol. The zero-order chi connectivity index (χ0) is 11.8. The molecule has 0 aliphatic heterocycles. The van der Waals surface area contributed by atoms with E-state index < -0.39 is 11.7 Å². The monoisotopic (exact) mass is 217 g/mol. The second kappa shape index (κ2) is 3.56. The molecule has 0 aliphatic carbocycles. The van der Waals surface area contributed by atoms with Crippen molar-refractivity contribution in [1.82, 2.24) is 0 Å². The third-order valence-corrected chi connectivity index (χ3v) is 2.20. The minimum atomic E-state index is -4.44. The number of nitrogens with two attached hydrogens (primary N) is 1. The Hall–Kier alpha value is -1.52. The van der Waals surface area contributed by atoms with Gasteiger partial charge >= 0.3 is 6.18 Å². The van der Waals surface area contributed by atoms with E-state index in [1.54, 1.807) is 0 Å². The molecule has 0 aromatic heterocycles. The molecule has 0 fully saturated rings. The molecule has 0 heterocycles. The second-order valence-corrected chi connectivity index (χ2v) is 3.25. The summed E-state index contributed by atoms with van der Waals surface area (Å²) in [4.78, 5) is 11.0. The van der Waals surface area contributed by atoms with Crippen molar-refractivity contribution in [2.45, 2.75) is 20.0 Å². The molecular formula is C10H10F3NO. The number of carbonyl (C=O) groups excluding carboxylic acids is 1. The van der Waals surface area contributed by atoms with Gasteiger partial charge in [0.05, 0.1) is 5.56 Å². The van der Waals surface area contributed by atoms with E-state index in [1.165, 1.54) is 13.8 Å². The summed E-state index contributed by atoms with van der Waals surface area (Å²) in [5.74, 6) is -0.343. The van der Waals surface area contributed by atoms with E-state index in [9.17, 15) is 18.0 Å². The lowest BCUT2D eigenvalue weighted by Crippen LogP contribution is -2.11. The zero-order valence-corrected chi connectivity index (χ0v) is 8.27. The molecule has 1 aromatic carbocycles. The van der Waals surface area contributed by atoms with Crippen LogP contribution in [0.1, 0.15) is 28.4 Å². The number of nitrogen functional groups attached to an aromatic ring is 1. The molecule has 0 atom stereocenters. The maximum absolute atomic E-state index is 12.4. The van der Waals surface area contributed by atoms with E-state index in [1.807, 2.05) is 0 Å². The summed E-state index contributed by atoms with van der Waals surface area (Å²) in [6.07, 6.45) is -4.44. The highest BCUT2D eigenvalue weighted by Crippen LogP contribution is 2.35. The molecule has 15 heavy (non-hydrogen) atoms. The number of halogens is 3. The van der Waals surface area contributed by atoms with Gasteiger partial charge in [-0.05, 0) is 31.5 Å². The number of benzene rings is 1. The Morgan fingerprint density at radius 1 is 1.33 bits per heavy atom. The van der Waals surface area contributed by atoms with Gasteiger partial charge in [-0.2, -0.15) is 13.2 Å². The lowest BCUT2D eigenvalue weighted by molar-refractivity contribution is -0.138. The van der Waals surface area contributed by atoms with Crippen LogP contribution >= 0.6 is 0 Å². The van der Waals surface area contributed by atoms with Crippen molar-refractivity contribution in [3.8, 4) is 0 Å². The molecule has 0 aliphatic rings. The quantitative estimate of drug-likeness (QED) is 0.580. The van der Waals surface area contributed by atoms with Crippen molar-refractivity contribution in [2.75, 3.05) is 5.73 Å². The summed E-state index contributed by atoms with van der Waals surface area (Å²) in [6, 6.07) is 1.98. The second-order valence-electron chi connectivity index (χ2n) is 3.25. The molecule has 1 rings (SSSR count). The number of Topliss-reactive ketones (excluding diaryl/α,β-unsaturated/α-hetero) is 1. The number of ketones is 1. The Labute approximate surface area is 84.9 Å². The fraction of sp³-hybridized carbons (Fsp3) is 0.300. The smallest absolute Gasteiger partial charge is 0.398 e. The van der Waals surface area contributed by atoms with Crippen molar-refractivity contribution in [1.29, 1.82) is 0 Å². The Bertz CT molecular complexity index is 410. The summed E-state index contributed by atoms with van der Waals surface area (Å²) in [7, 11) is 0. The van der Waals surface area contributed by atoms with Crippen molar-refractivity contribution < 1.29 is 18.0 Å². The first-order valence-electron chi connectivity index (χ1n) is 4.22. The van der Waals surface area contributed by atoms with Gasteiger partial charge in [-0.15, -0.1) is 0 Å². The zero-order valence-electron chi connectivity index (χ0n) is 8.27. The Morgan fingerprint density at radius 3 is 2.27 bits per heavy atom. The fourth-order valence-corrected chi connectivity index (χ4v) is 1.34. The number of hydrogen-bond acceptors (Lipinski definition) is 2. The SMILES string of the molecule is CC(=O)c1ccc(C(F)(F)F)c(C)c1N. The molecule has 0 saturated heterocycles. The molecule has 1 aromatic rings. The molecule has 5 heteroatoms. The minimum absolute atomic E-state index is 0.0997. The van der Waals surface area contributed by atoms with Crippen molar-refractivity contribution in [2.24, 2.45) is 0 Å². The Balaban J connectivity index is 3.41. The standard InChI is InChI=1S/C10H10F3NO/c1-5-8(10(11,12)13)4-3-7(6(2)15)9(5)14/h3-4H,14H2,1-2H3. The van der Waals surface area contributed by atoms with Gasteiger partial charge in [-0.1, -0.05) is 0 Å². The molecule has 2 nitrogen and oxygen atoms in total. The van der Waals surface area contributed by atoms with Crippen LogP contribution in [0.25, 0.3) is 0 Å². The summed E-state index contributed by atoms with van der Waals surface area (Å²) < 4.78 is 37.3. The van der Waals surface area contributed by atoms with Gasteiger partial charge in [0.25, 0.3) is 0 Å². The maximum atomic E-state index is 12.4. The van der Waals surface area contributed by atoms with E-state index >= 15 is 0 Å². The molecule has 0 spiro atoms. The van der Waals surface area contributed by atoms with Crippen molar-refractivity contribution >= 4 is 11.5 Å². The van der Waals surface area contributed by atoms with Gasteiger partial charge in [0.15, 0.2) is 5.78 Å². The minimum Gasteiger partial charge on any atom is -0.398 e. The predicted molar refractivity (Wildman–Crippen MR) is 50.6 cm³/mol. The van der Waals surface area contributed by atoms with Crippen LogP contribution in [0.3, 0.4) is 0 Å². The van der Waals surface area contributed by atoms with Crippen molar-refractivity contribution in [3.63, 3.8) is 0 Å². The number of hydrogen-bond donors (Lipinski definition) is 1. The van der Waals surface area contributed by atoms with Crippen molar-refractivity contribution in [3.05, 3.63) is 28.8 Å². The van der Waals surface area contributed by atoms with Gasteiger partial charge in [-0.3, -0.25) is 4.79 Å². The van der Waals surface area contributed by atoms with E-state index in [4.69, 9.17) is 5.73 Å². The first kappa shape index (κ1) is 11.6. The van der Waals surface area contributed by atoms with Crippen LogP contribution in [0.5, 0.6) is 0 Å². The van der Waals surface area contributed by atoms with Crippen LogP contribution < -0.4 is 5.73 Å². The number of carbonyl (C=O) groups is 1. The van der Waals surface area contributed by atoms with Crippen LogP contribution in [-0.4, -0.2) is 5.78 Å². The van der Waals surface area contributed by atoms with E-state index in [0.29, 0.717) is 0 Å². The highest BCUT2D eigenvalue weighted by molar-refractivity contribution is 5.99. The molecule has 0 radical (unpaired) electrons. The molecule has 2 N–H and O–H groups in total. The Kier molecular flexibility index (Phi) is 2.75. The first-order chi connectivity index (χ1) is 6.75. The number of anilines is 1. The lowest BCUT2D eigenvalue weighted by Gasteiger charge is -2.13. The van der Waals surface area contributed by atoms with E-state index in [0.717, 1.165) is 12.1 Å². The van der Waals surface area contributed by atoms with Crippen LogP contribution in [-0.2, 0) is 6.18 Å². The fourth-order valence-electron chi connectivity index (χ4n) is 1.34. The third-order valence-electron chi connectivity index (χ3n) is 2.20. The number of rotatable bonds is 1. The highest BCUT2D eigenvalue weighted by atomic mass is 19.4. The topological polar surface area (TPSA) is 43.1 Å². The van der Waals surface area contributed by atoms with E-state index in [2.05, 4.69) is 0 Å². The summed E-state index contributed by atoms with van der Waals surface area (Å²) >= 11 is 0. The van der Waals surface area contributed by atoms with Crippen LogP contribution in [0.15, 0.2) is 12.1 Å². The summed E-state index contributed by atoms with van der Waals surface area (Å²) in [5.41, 5.74) is 4.58. The van der Waals surface area contributed by atoms with Crippen LogP contribution in [0.2, 0.25) is 0 Å². The van der Waals surface area contributed by atoms with Gasteiger partial charge < -0.3 is 5.73 Å². The van der Waals surface area contributed by atoms with Crippen LogP contribution in [0.4, 0.5) is 18.9 Å². The largest absolute Gasteiger partial charge is 0.416 e. The van der Waals surface area contributed by atoms with Gasteiger partial charge in [0.2, 0.25) is 0 Å².